The molecule has 1 saturated heterocycles. The topological polar surface area (TPSA) is 101 Å². The highest BCUT2D eigenvalue weighted by Crippen LogP contribution is 2.37. The quantitative estimate of drug-likeness (QED) is 0.278. The molecule has 4 aromatic rings. The smallest absolute Gasteiger partial charge is 0.354 e. The molecule has 3 aromatic heterocycles. The summed E-state index contributed by atoms with van der Waals surface area (Å²) in [6.45, 7) is 10.5. The van der Waals surface area contributed by atoms with Crippen LogP contribution in [0.1, 0.15) is 62.4 Å². The van der Waals surface area contributed by atoms with E-state index in [-0.39, 0.29) is 23.4 Å². The number of hydrogen-bond acceptors (Lipinski definition) is 6. The van der Waals surface area contributed by atoms with E-state index in [1.54, 1.807) is 17.2 Å². The largest absolute Gasteiger partial charge is 0.507 e. The fraction of sp³-hybridized carbons (Fsp3) is 0.364. The molecule has 1 amide bonds. The van der Waals surface area contributed by atoms with Crippen molar-refractivity contribution in [2.45, 2.75) is 58.8 Å². The number of phenols is 1. The van der Waals surface area contributed by atoms with Gasteiger partial charge in [-0.1, -0.05) is 32.9 Å². The molecule has 1 unspecified atom stereocenters. The lowest BCUT2D eigenvalue weighted by molar-refractivity contribution is -0.127. The Hall–Kier alpha value is -4.47. The maximum atomic E-state index is 15.9. The summed E-state index contributed by atoms with van der Waals surface area (Å²) < 4.78 is 32.2. The van der Waals surface area contributed by atoms with Crippen LogP contribution in [0.2, 0.25) is 0 Å². The molecule has 1 aromatic carbocycles. The van der Waals surface area contributed by atoms with Gasteiger partial charge in [-0.15, -0.1) is 0 Å². The fourth-order valence-corrected chi connectivity index (χ4v) is 6.01. The summed E-state index contributed by atoms with van der Waals surface area (Å²) in [6.07, 6.45) is 6.23. The second-order valence-corrected chi connectivity index (χ2v) is 11.3. The molecule has 1 fully saturated rings. The second-order valence-electron chi connectivity index (χ2n) is 11.3. The number of aromatic nitrogens is 4. The number of fused-ring (bicyclic) bond motifs is 1. The first-order valence-corrected chi connectivity index (χ1v) is 14.6. The third kappa shape index (κ3) is 5.78. The van der Waals surface area contributed by atoms with Crippen LogP contribution < -0.4 is 5.69 Å². The highest BCUT2D eigenvalue weighted by Gasteiger charge is 2.28. The van der Waals surface area contributed by atoms with Gasteiger partial charge in [0, 0.05) is 30.6 Å². The van der Waals surface area contributed by atoms with Crippen LogP contribution in [0.25, 0.3) is 28.0 Å². The minimum absolute atomic E-state index is 0.0941. The first-order valence-electron chi connectivity index (χ1n) is 14.6. The van der Waals surface area contributed by atoms with Crippen molar-refractivity contribution in [3.63, 3.8) is 0 Å². The molecular weight excluding hydrogens is 552 g/mol. The van der Waals surface area contributed by atoms with Crippen molar-refractivity contribution in [1.82, 2.24) is 24.4 Å². The number of likely N-dealkylation sites (tertiary alicyclic amines) is 1. The monoisotopic (exact) mass is 587 g/mol. The Labute approximate surface area is 248 Å². The van der Waals surface area contributed by atoms with Gasteiger partial charge in [0.1, 0.15) is 17.3 Å². The third-order valence-electron chi connectivity index (χ3n) is 8.15. The van der Waals surface area contributed by atoms with E-state index in [1.165, 1.54) is 28.8 Å². The molecule has 0 spiro atoms. The number of aromatic hydroxyl groups is 1. The SMILES string of the molecule is C=CC(=O)N1CCC(c2nc(=O)n(-c3c(C)ccnc3CCC)c3nc(-c4c(O)cccc4F)c(F)cc23)CC[C@@H](C)C1. The van der Waals surface area contributed by atoms with Gasteiger partial charge in [0.2, 0.25) is 5.91 Å². The summed E-state index contributed by atoms with van der Waals surface area (Å²) in [5.41, 5.74) is 0.942. The maximum absolute atomic E-state index is 15.9. The van der Waals surface area contributed by atoms with E-state index in [1.807, 2.05) is 13.8 Å². The number of hydrogen-bond donors (Lipinski definition) is 1. The van der Waals surface area contributed by atoms with Gasteiger partial charge in [-0.05, 0) is 74.4 Å². The molecule has 1 aliphatic rings. The summed E-state index contributed by atoms with van der Waals surface area (Å²) >= 11 is 0. The van der Waals surface area contributed by atoms with Crippen molar-refractivity contribution in [1.29, 1.82) is 0 Å². The molecule has 0 aliphatic carbocycles. The lowest BCUT2D eigenvalue weighted by Gasteiger charge is -2.31. The number of benzene rings is 1. The first-order chi connectivity index (χ1) is 20.6. The Morgan fingerprint density at radius 1 is 1.16 bits per heavy atom. The van der Waals surface area contributed by atoms with Gasteiger partial charge in [-0.25, -0.2) is 23.1 Å². The summed E-state index contributed by atoms with van der Waals surface area (Å²) in [6, 6.07) is 6.68. The normalized spacial score (nSPS) is 17.5. The van der Waals surface area contributed by atoms with Crippen LogP contribution in [0.5, 0.6) is 5.75 Å². The number of pyridine rings is 2. The molecule has 5 rings (SSSR count). The molecule has 0 bridgehead atoms. The second kappa shape index (κ2) is 12.4. The van der Waals surface area contributed by atoms with Crippen LogP contribution in [-0.4, -0.2) is 48.5 Å². The minimum Gasteiger partial charge on any atom is -0.507 e. The molecule has 4 heterocycles. The van der Waals surface area contributed by atoms with Crippen molar-refractivity contribution in [2.75, 3.05) is 13.1 Å². The van der Waals surface area contributed by atoms with E-state index in [9.17, 15) is 19.1 Å². The molecule has 1 N–H and O–H groups in total. The number of amides is 1. The molecular formula is C33H35F2N5O3. The van der Waals surface area contributed by atoms with Crippen LogP contribution >= 0.6 is 0 Å². The van der Waals surface area contributed by atoms with E-state index in [2.05, 4.69) is 28.5 Å². The number of nitrogens with zero attached hydrogens (tertiary/aromatic N) is 5. The van der Waals surface area contributed by atoms with Crippen LogP contribution in [0.3, 0.4) is 0 Å². The molecule has 1 aliphatic heterocycles. The van der Waals surface area contributed by atoms with Crippen molar-refractivity contribution in [3.8, 4) is 22.7 Å². The Morgan fingerprint density at radius 3 is 2.67 bits per heavy atom. The molecule has 0 radical (unpaired) electrons. The van der Waals surface area contributed by atoms with E-state index < -0.39 is 34.3 Å². The van der Waals surface area contributed by atoms with Crippen molar-refractivity contribution in [3.05, 3.63) is 88.3 Å². The Balaban J connectivity index is 1.80. The summed E-state index contributed by atoms with van der Waals surface area (Å²) in [5.74, 6) is -2.43. The van der Waals surface area contributed by atoms with Gasteiger partial charge in [0.15, 0.2) is 11.5 Å². The molecule has 43 heavy (non-hydrogen) atoms. The van der Waals surface area contributed by atoms with Crippen molar-refractivity contribution in [2.24, 2.45) is 5.92 Å². The Bertz CT molecular complexity index is 1750. The van der Waals surface area contributed by atoms with Gasteiger partial charge in [-0.3, -0.25) is 9.78 Å². The number of carbonyl (C=O) groups is 1. The van der Waals surface area contributed by atoms with Crippen LogP contribution in [0, 0.1) is 24.5 Å². The highest BCUT2D eigenvalue weighted by molar-refractivity contribution is 5.87. The van der Waals surface area contributed by atoms with Crippen LogP contribution in [-0.2, 0) is 11.2 Å². The standard InChI is InChI=1S/C33H35F2N5O3/c1-5-8-25-31(20(4)13-15-36-25)40-32-22(17-24(35)30(37-32)28-23(34)9-7-10-26(28)41)29(38-33(40)43)21-12-11-19(3)18-39(16-14-21)27(42)6-2/h6-7,9-10,13,15,17,19,21,41H,2,5,8,11-12,14,16,18H2,1,3-4H3/t19-,21?/m1/s1. The lowest BCUT2D eigenvalue weighted by Crippen LogP contribution is -2.37. The summed E-state index contributed by atoms with van der Waals surface area (Å²) in [4.78, 5) is 41.9. The number of halogens is 2. The average molecular weight is 588 g/mol. The van der Waals surface area contributed by atoms with Gasteiger partial charge in [0.25, 0.3) is 0 Å². The molecule has 224 valence electrons. The zero-order valence-corrected chi connectivity index (χ0v) is 24.6. The van der Waals surface area contributed by atoms with Crippen LogP contribution in [0.15, 0.2) is 54.0 Å². The molecule has 10 heteroatoms. The molecule has 2 atom stereocenters. The van der Waals surface area contributed by atoms with E-state index in [0.717, 1.165) is 24.5 Å². The number of carbonyl (C=O) groups excluding carboxylic acids is 1. The Kier molecular flexibility index (Phi) is 8.66. The van der Waals surface area contributed by atoms with Gasteiger partial charge >= 0.3 is 5.69 Å². The maximum Gasteiger partial charge on any atom is 0.354 e. The fourth-order valence-electron chi connectivity index (χ4n) is 6.01. The number of rotatable bonds is 6. The van der Waals surface area contributed by atoms with Crippen molar-refractivity contribution < 1.29 is 18.7 Å². The summed E-state index contributed by atoms with van der Waals surface area (Å²) in [7, 11) is 0. The lowest BCUT2D eigenvalue weighted by atomic mass is 9.87. The van der Waals surface area contributed by atoms with E-state index in [0.29, 0.717) is 54.8 Å². The first kappa shape index (κ1) is 30.0. The number of phenolic OH excluding ortho intramolecular Hbond substituents is 1. The van der Waals surface area contributed by atoms with E-state index in [4.69, 9.17) is 0 Å². The minimum atomic E-state index is -0.861. The van der Waals surface area contributed by atoms with Crippen molar-refractivity contribution >= 4 is 16.9 Å². The van der Waals surface area contributed by atoms with E-state index >= 15 is 4.39 Å². The third-order valence-corrected chi connectivity index (χ3v) is 8.15. The van der Waals surface area contributed by atoms with Gasteiger partial charge in [0.05, 0.1) is 22.6 Å². The predicted octanol–water partition coefficient (Wildman–Crippen LogP) is 6.01. The zero-order chi connectivity index (χ0) is 30.8. The highest BCUT2D eigenvalue weighted by atomic mass is 19.1. The molecule has 8 nitrogen and oxygen atoms in total. The predicted molar refractivity (Wildman–Crippen MR) is 161 cm³/mol. The molecule has 0 saturated carbocycles. The van der Waals surface area contributed by atoms with Gasteiger partial charge in [-0.2, -0.15) is 4.98 Å². The summed E-state index contributed by atoms with van der Waals surface area (Å²) in [5, 5.41) is 10.8. The number of aryl methyl sites for hydroxylation is 2. The van der Waals surface area contributed by atoms with Crippen LogP contribution in [0.4, 0.5) is 8.78 Å². The zero-order valence-electron chi connectivity index (χ0n) is 24.6. The Morgan fingerprint density at radius 2 is 1.95 bits per heavy atom. The average Bonchev–Trinajstić information content (AvgIpc) is 2.96. The van der Waals surface area contributed by atoms with Gasteiger partial charge < -0.3 is 10.0 Å².